The number of thioether (sulfide) groups is 1. The first-order valence-corrected chi connectivity index (χ1v) is 9.52. The number of ether oxygens (including phenoxy) is 1. The molecule has 118 valence electrons. The average molecular weight is 337 g/mol. The molecule has 0 aliphatic rings. The van der Waals surface area contributed by atoms with Crippen LogP contribution >= 0.6 is 11.8 Å². The van der Waals surface area contributed by atoms with E-state index in [4.69, 9.17) is 4.74 Å². The van der Waals surface area contributed by atoms with Gasteiger partial charge in [0.05, 0.1) is 12.0 Å². The number of methoxy groups -OCH3 is 1. The average Bonchev–Trinajstić information content (AvgIpc) is 2.55. The highest BCUT2D eigenvalue weighted by atomic mass is 32.2. The third kappa shape index (κ3) is 4.50. The Balaban J connectivity index is 1.97. The van der Waals surface area contributed by atoms with E-state index in [0.29, 0.717) is 13.0 Å². The lowest BCUT2D eigenvalue weighted by molar-refractivity contribution is 0.414. The van der Waals surface area contributed by atoms with Crippen LogP contribution in [0.1, 0.15) is 5.56 Å². The van der Waals surface area contributed by atoms with Crippen LogP contribution in [0.2, 0.25) is 0 Å². The minimum absolute atomic E-state index is 0.288. The molecule has 4 nitrogen and oxygen atoms in total. The summed E-state index contributed by atoms with van der Waals surface area (Å²) in [6, 6.07) is 14.5. The van der Waals surface area contributed by atoms with Crippen LogP contribution in [0.15, 0.2) is 58.3 Å². The molecule has 0 aliphatic carbocycles. The Hall–Kier alpha value is -1.50. The zero-order chi connectivity index (χ0) is 16.0. The standard InChI is InChI=1S/C16H19NO3S2/c1-20-14-5-3-4-13(12-14)10-11-17-22(18,19)16-8-6-15(21-2)7-9-16/h3-9,12,17H,10-11H2,1-2H3. The second-order valence-electron chi connectivity index (χ2n) is 4.67. The maximum absolute atomic E-state index is 12.2. The third-order valence-corrected chi connectivity index (χ3v) is 5.43. The second kappa shape index (κ2) is 7.67. The first-order chi connectivity index (χ1) is 10.5. The number of hydrogen-bond acceptors (Lipinski definition) is 4. The van der Waals surface area contributed by atoms with Crippen molar-refractivity contribution in [1.29, 1.82) is 0 Å². The van der Waals surface area contributed by atoms with Gasteiger partial charge in [-0.25, -0.2) is 13.1 Å². The molecule has 0 amide bonds. The highest BCUT2D eigenvalue weighted by Crippen LogP contribution is 2.17. The molecule has 2 aromatic carbocycles. The quantitative estimate of drug-likeness (QED) is 0.789. The van der Waals surface area contributed by atoms with E-state index in [1.54, 1.807) is 43.1 Å². The van der Waals surface area contributed by atoms with E-state index in [-0.39, 0.29) is 4.90 Å². The molecule has 0 unspecified atom stereocenters. The van der Waals surface area contributed by atoms with E-state index in [2.05, 4.69) is 4.72 Å². The van der Waals surface area contributed by atoms with E-state index in [1.165, 1.54) is 0 Å². The van der Waals surface area contributed by atoms with Crippen molar-refractivity contribution in [2.75, 3.05) is 19.9 Å². The first-order valence-electron chi connectivity index (χ1n) is 6.82. The van der Waals surface area contributed by atoms with Crippen molar-refractivity contribution in [2.24, 2.45) is 0 Å². The summed E-state index contributed by atoms with van der Waals surface area (Å²) in [5, 5.41) is 0. The summed E-state index contributed by atoms with van der Waals surface area (Å²) in [5.74, 6) is 0.771. The molecule has 1 N–H and O–H groups in total. The third-order valence-electron chi connectivity index (χ3n) is 3.21. The minimum Gasteiger partial charge on any atom is -0.497 e. The molecule has 0 bridgehead atoms. The van der Waals surface area contributed by atoms with E-state index in [1.807, 2.05) is 30.5 Å². The lowest BCUT2D eigenvalue weighted by atomic mass is 10.1. The van der Waals surface area contributed by atoms with Crippen molar-refractivity contribution >= 4 is 21.8 Å². The van der Waals surface area contributed by atoms with E-state index in [0.717, 1.165) is 16.2 Å². The Morgan fingerprint density at radius 1 is 1.14 bits per heavy atom. The monoisotopic (exact) mass is 337 g/mol. The molecular weight excluding hydrogens is 318 g/mol. The zero-order valence-electron chi connectivity index (χ0n) is 12.6. The molecule has 6 heteroatoms. The summed E-state index contributed by atoms with van der Waals surface area (Å²) in [5.41, 5.74) is 1.03. The summed E-state index contributed by atoms with van der Waals surface area (Å²) in [4.78, 5) is 1.33. The summed E-state index contributed by atoms with van der Waals surface area (Å²) < 4.78 is 32.2. The Labute approximate surface area is 135 Å². The fourth-order valence-corrected chi connectivity index (χ4v) is 3.44. The lowest BCUT2D eigenvalue weighted by Gasteiger charge is -2.08. The predicted octanol–water partition coefficient (Wildman–Crippen LogP) is 2.94. The van der Waals surface area contributed by atoms with Gasteiger partial charge in [-0.2, -0.15) is 0 Å². The Morgan fingerprint density at radius 2 is 1.86 bits per heavy atom. The van der Waals surface area contributed by atoms with E-state index in [9.17, 15) is 8.42 Å². The van der Waals surface area contributed by atoms with Crippen molar-refractivity contribution in [3.05, 3.63) is 54.1 Å². The highest BCUT2D eigenvalue weighted by molar-refractivity contribution is 7.98. The molecule has 0 fully saturated rings. The van der Waals surface area contributed by atoms with Gasteiger partial charge in [0, 0.05) is 11.4 Å². The lowest BCUT2D eigenvalue weighted by Crippen LogP contribution is -2.25. The van der Waals surface area contributed by atoms with Gasteiger partial charge < -0.3 is 4.74 Å². The number of sulfonamides is 1. The van der Waals surface area contributed by atoms with E-state index >= 15 is 0 Å². The van der Waals surface area contributed by atoms with Crippen molar-refractivity contribution < 1.29 is 13.2 Å². The van der Waals surface area contributed by atoms with Crippen LogP contribution in [0.4, 0.5) is 0 Å². The number of benzene rings is 2. The highest BCUT2D eigenvalue weighted by Gasteiger charge is 2.13. The maximum Gasteiger partial charge on any atom is 0.240 e. The number of rotatable bonds is 7. The summed E-state index contributed by atoms with van der Waals surface area (Å²) in [7, 11) is -1.85. The molecule has 0 aliphatic heterocycles. The van der Waals surface area contributed by atoms with Crippen molar-refractivity contribution in [3.8, 4) is 5.75 Å². The molecule has 22 heavy (non-hydrogen) atoms. The molecule has 0 aromatic heterocycles. The van der Waals surface area contributed by atoms with Gasteiger partial charge in [0.2, 0.25) is 10.0 Å². The van der Waals surface area contributed by atoms with Crippen molar-refractivity contribution in [1.82, 2.24) is 4.72 Å². The van der Waals surface area contributed by atoms with Crippen LogP contribution in [0.25, 0.3) is 0 Å². The summed E-state index contributed by atoms with van der Waals surface area (Å²) in [6.45, 7) is 0.347. The van der Waals surface area contributed by atoms with E-state index < -0.39 is 10.0 Å². The van der Waals surface area contributed by atoms with Gasteiger partial charge in [-0.3, -0.25) is 0 Å². The van der Waals surface area contributed by atoms with Gasteiger partial charge >= 0.3 is 0 Å². The maximum atomic E-state index is 12.2. The molecule has 0 saturated carbocycles. The summed E-state index contributed by atoms with van der Waals surface area (Å²) >= 11 is 1.58. The minimum atomic E-state index is -3.46. The fraction of sp³-hybridized carbons (Fsp3) is 0.250. The molecule has 0 radical (unpaired) electrons. The van der Waals surface area contributed by atoms with Gasteiger partial charge in [-0.05, 0) is 54.6 Å². The van der Waals surface area contributed by atoms with Crippen molar-refractivity contribution in [3.63, 3.8) is 0 Å². The fourth-order valence-electron chi connectivity index (χ4n) is 2.00. The Bertz CT molecular complexity index is 712. The second-order valence-corrected chi connectivity index (χ2v) is 7.32. The molecular formula is C16H19NO3S2. The van der Waals surface area contributed by atoms with Gasteiger partial charge in [0.1, 0.15) is 5.75 Å². The molecule has 0 heterocycles. The number of nitrogens with one attached hydrogen (secondary N) is 1. The number of hydrogen-bond donors (Lipinski definition) is 1. The van der Waals surface area contributed by atoms with Crippen LogP contribution in [0.3, 0.4) is 0 Å². The SMILES string of the molecule is COc1cccc(CCNS(=O)(=O)c2ccc(SC)cc2)c1. The smallest absolute Gasteiger partial charge is 0.240 e. The van der Waals surface area contributed by atoms with Gasteiger partial charge in [0.25, 0.3) is 0 Å². The molecule has 2 rings (SSSR count). The van der Waals surface area contributed by atoms with Crippen LogP contribution in [-0.2, 0) is 16.4 Å². The largest absolute Gasteiger partial charge is 0.497 e. The normalized spacial score (nSPS) is 11.4. The molecule has 0 saturated heterocycles. The summed E-state index contributed by atoms with van der Waals surface area (Å²) in [6.07, 6.45) is 2.56. The molecule has 0 spiro atoms. The van der Waals surface area contributed by atoms with Crippen LogP contribution in [0.5, 0.6) is 5.75 Å². The van der Waals surface area contributed by atoms with Gasteiger partial charge in [-0.15, -0.1) is 11.8 Å². The van der Waals surface area contributed by atoms with Gasteiger partial charge in [-0.1, -0.05) is 12.1 Å². The zero-order valence-corrected chi connectivity index (χ0v) is 14.2. The van der Waals surface area contributed by atoms with Crippen LogP contribution in [0, 0.1) is 0 Å². The van der Waals surface area contributed by atoms with Crippen molar-refractivity contribution in [2.45, 2.75) is 16.2 Å². The Kier molecular flexibility index (Phi) is 5.88. The molecule has 2 aromatic rings. The topological polar surface area (TPSA) is 55.4 Å². The van der Waals surface area contributed by atoms with Gasteiger partial charge in [0.15, 0.2) is 0 Å². The van der Waals surface area contributed by atoms with Crippen LogP contribution < -0.4 is 9.46 Å². The predicted molar refractivity (Wildman–Crippen MR) is 90.1 cm³/mol. The Morgan fingerprint density at radius 3 is 2.50 bits per heavy atom. The van der Waals surface area contributed by atoms with Crippen LogP contribution in [-0.4, -0.2) is 28.3 Å². The first kappa shape index (κ1) is 16.9. The molecule has 0 atom stereocenters.